The van der Waals surface area contributed by atoms with Crippen molar-refractivity contribution in [1.29, 1.82) is 0 Å². The molecule has 0 fully saturated rings. The fourth-order valence-corrected chi connectivity index (χ4v) is 2.54. The molecule has 0 amide bonds. The second kappa shape index (κ2) is 7.22. The highest BCUT2D eigenvalue weighted by atomic mass is 16.5. The van der Waals surface area contributed by atoms with Gasteiger partial charge >= 0.3 is 0 Å². The lowest BCUT2D eigenvalue weighted by Gasteiger charge is -2.11. The summed E-state index contributed by atoms with van der Waals surface area (Å²) in [6, 6.07) is 15.1. The van der Waals surface area contributed by atoms with Crippen molar-refractivity contribution in [3.05, 3.63) is 70.3 Å². The van der Waals surface area contributed by atoms with Crippen LogP contribution in [0.5, 0.6) is 0 Å². The molecule has 0 spiro atoms. The van der Waals surface area contributed by atoms with E-state index in [0.717, 1.165) is 13.1 Å². The zero-order valence-electron chi connectivity index (χ0n) is 12.6. The summed E-state index contributed by atoms with van der Waals surface area (Å²) in [6.45, 7) is 6.71. The maximum absolute atomic E-state index is 5.24. The summed E-state index contributed by atoms with van der Waals surface area (Å²) >= 11 is 0. The van der Waals surface area contributed by atoms with Crippen LogP contribution in [0.2, 0.25) is 0 Å². The second-order valence-corrected chi connectivity index (χ2v) is 5.30. The summed E-state index contributed by atoms with van der Waals surface area (Å²) in [7, 11) is 1.74. The zero-order chi connectivity index (χ0) is 14.4. The van der Waals surface area contributed by atoms with E-state index in [9.17, 15) is 0 Å². The topological polar surface area (TPSA) is 21.3 Å². The molecule has 2 aromatic carbocycles. The Labute approximate surface area is 121 Å². The fourth-order valence-electron chi connectivity index (χ4n) is 2.54. The summed E-state index contributed by atoms with van der Waals surface area (Å²) in [5.41, 5.74) is 6.54. The predicted molar refractivity (Wildman–Crippen MR) is 83.6 cm³/mol. The van der Waals surface area contributed by atoms with Crippen LogP contribution in [-0.4, -0.2) is 7.11 Å². The average Bonchev–Trinajstić information content (AvgIpc) is 2.40. The predicted octanol–water partition coefficient (Wildman–Crippen LogP) is 3.74. The molecule has 0 aliphatic heterocycles. The third-order valence-corrected chi connectivity index (χ3v) is 3.34. The Kier molecular flexibility index (Phi) is 5.33. The van der Waals surface area contributed by atoms with Gasteiger partial charge in [0, 0.05) is 20.2 Å². The van der Waals surface area contributed by atoms with Gasteiger partial charge in [-0.2, -0.15) is 0 Å². The van der Waals surface area contributed by atoms with Crippen molar-refractivity contribution < 1.29 is 4.74 Å². The van der Waals surface area contributed by atoms with Crippen LogP contribution in [0, 0.1) is 13.8 Å². The van der Waals surface area contributed by atoms with Crippen LogP contribution in [0.4, 0.5) is 0 Å². The lowest BCUT2D eigenvalue weighted by atomic mass is 10.1. The third-order valence-electron chi connectivity index (χ3n) is 3.34. The van der Waals surface area contributed by atoms with Crippen molar-refractivity contribution >= 4 is 0 Å². The van der Waals surface area contributed by atoms with Gasteiger partial charge in [0.15, 0.2) is 0 Å². The van der Waals surface area contributed by atoms with Gasteiger partial charge in [-0.05, 0) is 30.5 Å². The Bertz CT molecular complexity index is 543. The molecular formula is C18H23NO. The SMILES string of the molecule is COCc1ccccc1CNCc1cc(C)cc(C)c1. The van der Waals surface area contributed by atoms with Gasteiger partial charge in [-0.15, -0.1) is 0 Å². The summed E-state index contributed by atoms with van der Waals surface area (Å²) in [4.78, 5) is 0. The van der Waals surface area contributed by atoms with E-state index in [1.54, 1.807) is 7.11 Å². The van der Waals surface area contributed by atoms with Crippen LogP contribution < -0.4 is 5.32 Å². The maximum atomic E-state index is 5.24. The molecule has 0 aliphatic carbocycles. The average molecular weight is 269 g/mol. The van der Waals surface area contributed by atoms with Crippen molar-refractivity contribution in [2.45, 2.75) is 33.5 Å². The van der Waals surface area contributed by atoms with Crippen molar-refractivity contribution in [2.75, 3.05) is 7.11 Å². The summed E-state index contributed by atoms with van der Waals surface area (Å²) in [6.07, 6.45) is 0. The Balaban J connectivity index is 1.95. The highest BCUT2D eigenvalue weighted by Gasteiger charge is 2.01. The van der Waals surface area contributed by atoms with E-state index in [2.05, 4.69) is 61.6 Å². The van der Waals surface area contributed by atoms with E-state index in [0.29, 0.717) is 6.61 Å². The lowest BCUT2D eigenvalue weighted by molar-refractivity contribution is 0.184. The number of benzene rings is 2. The number of hydrogen-bond acceptors (Lipinski definition) is 2. The minimum atomic E-state index is 0.668. The van der Waals surface area contributed by atoms with E-state index in [1.807, 2.05) is 0 Å². The van der Waals surface area contributed by atoms with Crippen LogP contribution in [-0.2, 0) is 24.4 Å². The lowest BCUT2D eigenvalue weighted by Crippen LogP contribution is -2.14. The van der Waals surface area contributed by atoms with Crippen LogP contribution >= 0.6 is 0 Å². The minimum Gasteiger partial charge on any atom is -0.380 e. The number of methoxy groups -OCH3 is 1. The van der Waals surface area contributed by atoms with Gasteiger partial charge in [0.2, 0.25) is 0 Å². The van der Waals surface area contributed by atoms with Crippen molar-refractivity contribution in [3.8, 4) is 0 Å². The smallest absolute Gasteiger partial charge is 0.0716 e. The highest BCUT2D eigenvalue weighted by Crippen LogP contribution is 2.11. The van der Waals surface area contributed by atoms with Gasteiger partial charge in [0.05, 0.1) is 6.61 Å². The molecule has 106 valence electrons. The Morgan fingerprint density at radius 2 is 1.55 bits per heavy atom. The molecular weight excluding hydrogens is 246 g/mol. The van der Waals surface area contributed by atoms with E-state index in [-0.39, 0.29) is 0 Å². The van der Waals surface area contributed by atoms with Gasteiger partial charge in [0.1, 0.15) is 0 Å². The number of rotatable bonds is 6. The van der Waals surface area contributed by atoms with E-state index in [4.69, 9.17) is 4.74 Å². The minimum absolute atomic E-state index is 0.668. The number of nitrogens with one attached hydrogen (secondary N) is 1. The van der Waals surface area contributed by atoms with Crippen molar-refractivity contribution in [3.63, 3.8) is 0 Å². The molecule has 0 aromatic heterocycles. The van der Waals surface area contributed by atoms with Crippen molar-refractivity contribution in [1.82, 2.24) is 5.32 Å². The van der Waals surface area contributed by atoms with E-state index >= 15 is 0 Å². The molecule has 1 N–H and O–H groups in total. The molecule has 2 nitrogen and oxygen atoms in total. The molecule has 0 atom stereocenters. The highest BCUT2D eigenvalue weighted by molar-refractivity contribution is 5.29. The van der Waals surface area contributed by atoms with Gasteiger partial charge in [-0.3, -0.25) is 0 Å². The van der Waals surface area contributed by atoms with Gasteiger partial charge in [0.25, 0.3) is 0 Å². The quantitative estimate of drug-likeness (QED) is 0.862. The largest absolute Gasteiger partial charge is 0.380 e. The standard InChI is InChI=1S/C18H23NO/c1-14-8-15(2)10-16(9-14)11-19-12-17-6-4-5-7-18(17)13-20-3/h4-10,19H,11-13H2,1-3H3. The van der Waals surface area contributed by atoms with Crippen molar-refractivity contribution in [2.24, 2.45) is 0 Å². The third kappa shape index (κ3) is 4.19. The second-order valence-electron chi connectivity index (χ2n) is 5.30. The van der Waals surface area contributed by atoms with E-state index in [1.165, 1.54) is 27.8 Å². The van der Waals surface area contributed by atoms with Crippen LogP contribution in [0.25, 0.3) is 0 Å². The molecule has 0 radical (unpaired) electrons. The maximum Gasteiger partial charge on any atom is 0.0716 e. The summed E-state index contributed by atoms with van der Waals surface area (Å²) in [5, 5.41) is 3.52. The van der Waals surface area contributed by atoms with Crippen LogP contribution in [0.15, 0.2) is 42.5 Å². The Morgan fingerprint density at radius 3 is 2.20 bits per heavy atom. The van der Waals surface area contributed by atoms with Gasteiger partial charge < -0.3 is 10.1 Å². The van der Waals surface area contributed by atoms with Crippen LogP contribution in [0.3, 0.4) is 0 Å². The molecule has 0 unspecified atom stereocenters. The molecule has 2 aromatic rings. The molecule has 0 saturated carbocycles. The Morgan fingerprint density at radius 1 is 0.900 bits per heavy atom. The molecule has 0 bridgehead atoms. The normalized spacial score (nSPS) is 10.8. The first-order valence-corrected chi connectivity index (χ1v) is 7.02. The number of ether oxygens (including phenoxy) is 1. The molecule has 2 heteroatoms. The van der Waals surface area contributed by atoms with Gasteiger partial charge in [-0.1, -0.05) is 53.6 Å². The molecule has 2 rings (SSSR count). The molecule has 0 heterocycles. The summed E-state index contributed by atoms with van der Waals surface area (Å²) < 4.78 is 5.24. The molecule has 0 saturated heterocycles. The zero-order valence-corrected chi connectivity index (χ0v) is 12.6. The number of hydrogen-bond donors (Lipinski definition) is 1. The van der Waals surface area contributed by atoms with E-state index < -0.39 is 0 Å². The fraction of sp³-hybridized carbons (Fsp3) is 0.333. The van der Waals surface area contributed by atoms with Gasteiger partial charge in [-0.25, -0.2) is 0 Å². The Hall–Kier alpha value is -1.64. The summed E-state index contributed by atoms with van der Waals surface area (Å²) in [5.74, 6) is 0. The molecule has 20 heavy (non-hydrogen) atoms. The number of aryl methyl sites for hydroxylation is 2. The van der Waals surface area contributed by atoms with Crippen LogP contribution in [0.1, 0.15) is 27.8 Å². The monoisotopic (exact) mass is 269 g/mol. The molecule has 0 aliphatic rings. The first-order chi connectivity index (χ1) is 9.69. The first-order valence-electron chi connectivity index (χ1n) is 7.02. The first kappa shape index (κ1) is 14.8.